The lowest BCUT2D eigenvalue weighted by Crippen LogP contribution is -2.09. The molecular formula is C28H34O6S. The molecule has 7 heteroatoms. The van der Waals surface area contributed by atoms with Crippen molar-refractivity contribution < 1.29 is 28.7 Å². The van der Waals surface area contributed by atoms with Gasteiger partial charge in [-0.2, -0.15) is 0 Å². The molecule has 1 N–H and O–H groups in total. The van der Waals surface area contributed by atoms with Gasteiger partial charge < -0.3 is 23.9 Å². The van der Waals surface area contributed by atoms with Gasteiger partial charge in [0.05, 0.1) is 13.2 Å². The molecule has 35 heavy (non-hydrogen) atoms. The molecule has 0 heterocycles. The van der Waals surface area contributed by atoms with Gasteiger partial charge in [-0.3, -0.25) is 4.79 Å². The number of fused-ring (bicyclic) bond motifs is 1. The van der Waals surface area contributed by atoms with Crippen LogP contribution in [0, 0.1) is 0 Å². The second kappa shape index (κ2) is 12.7. The van der Waals surface area contributed by atoms with E-state index in [1.165, 1.54) is 6.92 Å². The minimum Gasteiger partial charge on any atom is -0.606 e. The van der Waals surface area contributed by atoms with E-state index in [1.54, 1.807) is 18.2 Å². The lowest BCUT2D eigenvalue weighted by Gasteiger charge is -2.20. The Morgan fingerprint density at radius 2 is 1.57 bits per heavy atom. The zero-order valence-electron chi connectivity index (χ0n) is 20.9. The van der Waals surface area contributed by atoms with E-state index in [0.717, 1.165) is 42.6 Å². The molecular weight excluding hydrogens is 464 g/mol. The monoisotopic (exact) mass is 498 g/mol. The van der Waals surface area contributed by atoms with Crippen LogP contribution in [0.2, 0.25) is 0 Å². The van der Waals surface area contributed by atoms with Crippen molar-refractivity contribution in [3.8, 4) is 23.0 Å². The van der Waals surface area contributed by atoms with Crippen molar-refractivity contribution in [2.75, 3.05) is 13.2 Å². The van der Waals surface area contributed by atoms with E-state index < -0.39 is 17.1 Å². The van der Waals surface area contributed by atoms with Crippen LogP contribution >= 0.6 is 0 Å². The lowest BCUT2D eigenvalue weighted by atomic mass is 10.1. The van der Waals surface area contributed by atoms with Gasteiger partial charge in [-0.25, -0.2) is 0 Å². The molecule has 6 nitrogen and oxygen atoms in total. The van der Waals surface area contributed by atoms with Gasteiger partial charge in [0.25, 0.3) is 0 Å². The fourth-order valence-electron chi connectivity index (χ4n) is 3.74. The van der Waals surface area contributed by atoms with Gasteiger partial charge in [0, 0.05) is 40.5 Å². The SMILES string of the molecule is CCCCOc1c(OCCCC)c(OC(C)=O)c2ccc([S+]([O-])c3ccccc3CC)cc2c1O. The predicted octanol–water partition coefficient (Wildman–Crippen LogP) is 6.56. The third kappa shape index (κ3) is 6.21. The number of benzene rings is 3. The summed E-state index contributed by atoms with van der Waals surface area (Å²) in [5, 5.41) is 12.1. The molecule has 3 aromatic carbocycles. The van der Waals surface area contributed by atoms with Gasteiger partial charge in [-0.15, -0.1) is 0 Å². The van der Waals surface area contributed by atoms with Gasteiger partial charge in [-0.1, -0.05) is 51.8 Å². The number of carbonyl (C=O) groups excluding carboxylic acids is 1. The predicted molar refractivity (Wildman–Crippen MR) is 138 cm³/mol. The quantitative estimate of drug-likeness (QED) is 0.132. The van der Waals surface area contributed by atoms with Crippen molar-refractivity contribution in [1.82, 2.24) is 0 Å². The number of hydrogen-bond donors (Lipinski definition) is 1. The number of rotatable bonds is 12. The molecule has 0 amide bonds. The average molecular weight is 499 g/mol. The van der Waals surface area contributed by atoms with Gasteiger partial charge in [0.15, 0.2) is 21.3 Å². The van der Waals surface area contributed by atoms with Crippen molar-refractivity contribution >= 4 is 27.9 Å². The van der Waals surface area contributed by atoms with E-state index in [-0.39, 0.29) is 23.0 Å². The van der Waals surface area contributed by atoms with Gasteiger partial charge in [0.1, 0.15) is 0 Å². The molecule has 3 aromatic rings. The van der Waals surface area contributed by atoms with E-state index in [1.807, 2.05) is 45.0 Å². The number of hydrogen-bond acceptors (Lipinski definition) is 6. The van der Waals surface area contributed by atoms with Crippen LogP contribution < -0.4 is 14.2 Å². The number of phenolic OH excluding ortho intramolecular Hbond substituents is 1. The maximum Gasteiger partial charge on any atom is 0.308 e. The van der Waals surface area contributed by atoms with Gasteiger partial charge >= 0.3 is 5.97 Å². The average Bonchev–Trinajstić information content (AvgIpc) is 2.87. The van der Waals surface area contributed by atoms with Crippen LogP contribution in [0.3, 0.4) is 0 Å². The zero-order valence-corrected chi connectivity index (χ0v) is 21.7. The molecule has 3 rings (SSSR count). The first-order valence-corrected chi connectivity index (χ1v) is 13.3. The van der Waals surface area contributed by atoms with Crippen LogP contribution in [0.5, 0.6) is 23.0 Å². The maximum absolute atomic E-state index is 13.5. The smallest absolute Gasteiger partial charge is 0.308 e. The molecule has 0 aliphatic rings. The molecule has 0 aromatic heterocycles. The number of phenols is 1. The van der Waals surface area contributed by atoms with Crippen LogP contribution in [0.4, 0.5) is 0 Å². The molecule has 1 unspecified atom stereocenters. The van der Waals surface area contributed by atoms with Crippen LogP contribution in [-0.2, 0) is 22.4 Å². The van der Waals surface area contributed by atoms with Crippen LogP contribution in [-0.4, -0.2) is 28.8 Å². The highest BCUT2D eigenvalue weighted by Crippen LogP contribution is 2.51. The van der Waals surface area contributed by atoms with Crippen molar-refractivity contribution in [3.63, 3.8) is 0 Å². The highest BCUT2D eigenvalue weighted by atomic mass is 32.2. The summed E-state index contributed by atoms with van der Waals surface area (Å²) in [6, 6.07) is 12.7. The molecule has 0 bridgehead atoms. The topological polar surface area (TPSA) is 88.1 Å². The summed E-state index contributed by atoms with van der Waals surface area (Å²) in [5.74, 6) is -0.100. The molecule has 0 fully saturated rings. The molecule has 0 saturated carbocycles. The summed E-state index contributed by atoms with van der Waals surface area (Å²) in [4.78, 5) is 13.3. The van der Waals surface area contributed by atoms with Crippen LogP contribution in [0.25, 0.3) is 10.8 Å². The number of ether oxygens (including phenoxy) is 3. The minimum atomic E-state index is -1.46. The van der Waals surface area contributed by atoms with Crippen LogP contribution in [0.1, 0.15) is 58.9 Å². The number of carbonyl (C=O) groups is 1. The summed E-state index contributed by atoms with van der Waals surface area (Å²) >= 11 is -1.46. The Morgan fingerprint density at radius 3 is 2.20 bits per heavy atom. The fourth-order valence-corrected chi connectivity index (χ4v) is 5.06. The molecule has 0 aliphatic heterocycles. The number of esters is 1. The summed E-state index contributed by atoms with van der Waals surface area (Å²) < 4.78 is 31.0. The fraction of sp³-hybridized carbons (Fsp3) is 0.393. The van der Waals surface area contributed by atoms with Crippen molar-refractivity contribution in [2.45, 2.75) is 69.6 Å². The Bertz CT molecular complexity index is 1160. The second-order valence-electron chi connectivity index (χ2n) is 8.27. The zero-order chi connectivity index (χ0) is 25.4. The summed E-state index contributed by atoms with van der Waals surface area (Å²) in [7, 11) is 0. The molecule has 0 saturated heterocycles. The molecule has 1 atom stereocenters. The van der Waals surface area contributed by atoms with E-state index in [2.05, 4.69) is 0 Å². The Labute approximate surface area is 210 Å². The van der Waals surface area contributed by atoms with E-state index in [4.69, 9.17) is 14.2 Å². The van der Waals surface area contributed by atoms with Crippen molar-refractivity contribution in [1.29, 1.82) is 0 Å². The first kappa shape index (κ1) is 26.7. The first-order chi connectivity index (χ1) is 16.9. The maximum atomic E-state index is 13.5. The highest BCUT2D eigenvalue weighted by molar-refractivity contribution is 7.91. The van der Waals surface area contributed by atoms with Crippen molar-refractivity contribution in [3.05, 3.63) is 48.0 Å². The number of unbranched alkanes of at least 4 members (excludes halogenated alkanes) is 2. The van der Waals surface area contributed by atoms with E-state index in [9.17, 15) is 14.5 Å². The van der Waals surface area contributed by atoms with Gasteiger partial charge in [-0.05, 0) is 37.5 Å². The lowest BCUT2D eigenvalue weighted by molar-refractivity contribution is -0.131. The van der Waals surface area contributed by atoms with Crippen molar-refractivity contribution in [2.24, 2.45) is 0 Å². The Morgan fingerprint density at radius 1 is 0.914 bits per heavy atom. The summed E-state index contributed by atoms with van der Waals surface area (Å²) in [5.41, 5.74) is 0.999. The molecule has 0 spiro atoms. The number of aryl methyl sites for hydroxylation is 1. The Hall–Kier alpha value is -2.90. The van der Waals surface area contributed by atoms with E-state index >= 15 is 0 Å². The third-order valence-corrected chi connectivity index (χ3v) is 7.10. The highest BCUT2D eigenvalue weighted by Gasteiger charge is 2.27. The standard InChI is InChI=1S/C28H34O6S/c1-5-8-16-32-27-25(30)23-18-21(35(31)24-13-11-10-12-20(24)7-3)14-15-22(23)26(34-19(4)29)28(27)33-17-9-6-2/h10-15,18,30H,5-9,16-17H2,1-4H3. The molecule has 0 radical (unpaired) electrons. The third-order valence-electron chi connectivity index (χ3n) is 5.62. The normalized spacial score (nSPS) is 11.9. The number of aromatic hydroxyl groups is 1. The first-order valence-electron chi connectivity index (χ1n) is 12.2. The molecule has 0 aliphatic carbocycles. The Kier molecular flexibility index (Phi) is 9.69. The largest absolute Gasteiger partial charge is 0.606 e. The molecule has 188 valence electrons. The Balaban J connectivity index is 2.19. The van der Waals surface area contributed by atoms with Gasteiger partial charge in [0.2, 0.25) is 11.5 Å². The summed E-state index contributed by atoms with van der Waals surface area (Å²) in [6.45, 7) is 8.18. The van der Waals surface area contributed by atoms with Crippen LogP contribution in [0.15, 0.2) is 52.3 Å². The summed E-state index contributed by atoms with van der Waals surface area (Å²) in [6.07, 6.45) is 4.17. The second-order valence-corrected chi connectivity index (χ2v) is 9.72. The minimum absolute atomic E-state index is 0.124. The van der Waals surface area contributed by atoms with E-state index in [0.29, 0.717) is 28.9 Å².